The predicted octanol–water partition coefficient (Wildman–Crippen LogP) is 5.63. The van der Waals surface area contributed by atoms with Crippen molar-refractivity contribution in [1.29, 1.82) is 0 Å². The first kappa shape index (κ1) is 24.8. The lowest BCUT2D eigenvalue weighted by molar-refractivity contribution is -0.138. The number of sulfonamides is 1. The summed E-state index contributed by atoms with van der Waals surface area (Å²) in [6.07, 6.45) is -4.72. The largest absolute Gasteiger partial charge is 0.462 e. The van der Waals surface area contributed by atoms with Crippen LogP contribution in [0.5, 0.6) is 0 Å². The molecule has 3 aromatic carbocycles. The van der Waals surface area contributed by atoms with E-state index in [1.54, 1.807) is 30.3 Å². The third-order valence-electron chi connectivity index (χ3n) is 4.72. The lowest BCUT2D eigenvalue weighted by Gasteiger charge is -2.20. The third-order valence-corrected chi connectivity index (χ3v) is 6.45. The number of benzene rings is 3. The topological polar surface area (TPSA) is 72.5 Å². The summed E-state index contributed by atoms with van der Waals surface area (Å²) in [6, 6.07) is 17.6. The molecule has 0 unspecified atom stereocenters. The highest BCUT2D eigenvalue weighted by Gasteiger charge is 2.35. The summed E-state index contributed by atoms with van der Waals surface area (Å²) in [4.78, 5) is 12.3. The Labute approximate surface area is 194 Å². The predicted molar refractivity (Wildman–Crippen MR) is 117 cm³/mol. The fourth-order valence-electron chi connectivity index (χ4n) is 3.10. The molecule has 0 bridgehead atoms. The van der Waals surface area contributed by atoms with Crippen molar-refractivity contribution < 1.29 is 31.1 Å². The van der Waals surface area contributed by atoms with Gasteiger partial charge in [0.05, 0.1) is 28.7 Å². The lowest BCUT2D eigenvalue weighted by atomic mass is 10.1. The number of halogens is 4. The van der Waals surface area contributed by atoms with Gasteiger partial charge in [-0.3, -0.25) is 0 Å². The molecule has 10 heteroatoms. The molecule has 3 rings (SSSR count). The Morgan fingerprint density at radius 2 is 1.55 bits per heavy atom. The van der Waals surface area contributed by atoms with Gasteiger partial charge >= 0.3 is 12.1 Å². The van der Waals surface area contributed by atoms with Crippen LogP contribution in [0.3, 0.4) is 0 Å². The van der Waals surface area contributed by atoms with Gasteiger partial charge in [-0.2, -0.15) is 13.2 Å². The Hall–Kier alpha value is -2.88. The van der Waals surface area contributed by atoms with Crippen LogP contribution in [0.2, 0.25) is 5.02 Å². The maximum Gasteiger partial charge on any atom is 0.417 e. The van der Waals surface area contributed by atoms with Gasteiger partial charge in [-0.15, -0.1) is 0 Å². The van der Waals surface area contributed by atoms with E-state index in [1.165, 1.54) is 36.4 Å². The second-order valence-electron chi connectivity index (χ2n) is 7.01. The van der Waals surface area contributed by atoms with Gasteiger partial charge in [0, 0.05) is 11.4 Å². The van der Waals surface area contributed by atoms with Gasteiger partial charge in [-0.25, -0.2) is 17.9 Å². The van der Waals surface area contributed by atoms with Crippen LogP contribution in [-0.4, -0.2) is 21.0 Å². The molecule has 5 nitrogen and oxygen atoms in total. The molecule has 0 aliphatic carbocycles. The molecule has 0 aliphatic rings. The first-order valence-electron chi connectivity index (χ1n) is 9.74. The molecule has 1 atom stereocenters. The van der Waals surface area contributed by atoms with Crippen molar-refractivity contribution in [2.45, 2.75) is 23.5 Å². The van der Waals surface area contributed by atoms with Crippen LogP contribution in [-0.2, 0) is 20.9 Å². The maximum absolute atomic E-state index is 13.2. The molecule has 0 fully saturated rings. The van der Waals surface area contributed by atoms with E-state index in [1.807, 2.05) is 0 Å². The van der Waals surface area contributed by atoms with E-state index in [0.717, 1.165) is 12.1 Å². The zero-order chi connectivity index (χ0) is 24.1. The highest BCUT2D eigenvalue weighted by Crippen LogP contribution is 2.32. The number of carbonyl (C=O) groups is 1. The second kappa shape index (κ2) is 10.4. The standard InChI is InChI=1S/C23H19ClF3NO4S/c24-17-10-12-18(13-11-17)33(30,31)28-21(16-6-2-1-3-7-16)14-15-32-22(29)19-8-4-5-9-20(19)23(25,26)27/h1-13,21,28H,14-15H2/t21-/m0/s1. The van der Waals surface area contributed by atoms with Crippen LogP contribution in [0.25, 0.3) is 0 Å². The second-order valence-corrected chi connectivity index (χ2v) is 9.16. The molecule has 0 aliphatic heterocycles. The van der Waals surface area contributed by atoms with Crippen molar-refractivity contribution in [2.75, 3.05) is 6.61 Å². The molecule has 174 valence electrons. The zero-order valence-corrected chi connectivity index (χ0v) is 18.6. The minimum absolute atomic E-state index is 0.00322. The molecular weight excluding hydrogens is 479 g/mol. The molecule has 0 heterocycles. The van der Waals surface area contributed by atoms with Gasteiger partial charge in [-0.1, -0.05) is 54.1 Å². The first-order chi connectivity index (χ1) is 15.6. The number of carbonyl (C=O) groups excluding carboxylic acids is 1. The molecule has 0 amide bonds. The fraction of sp³-hybridized carbons (Fsp3) is 0.174. The zero-order valence-electron chi connectivity index (χ0n) is 17.1. The van der Waals surface area contributed by atoms with Gasteiger partial charge < -0.3 is 4.74 Å². The summed E-state index contributed by atoms with van der Waals surface area (Å²) in [5.74, 6) is -1.14. The van der Waals surface area contributed by atoms with Crippen LogP contribution < -0.4 is 4.72 Å². The van der Waals surface area contributed by atoms with Crippen molar-refractivity contribution in [3.63, 3.8) is 0 Å². The van der Waals surface area contributed by atoms with Crippen molar-refractivity contribution in [3.05, 3.63) is 101 Å². The smallest absolute Gasteiger partial charge is 0.417 e. The minimum Gasteiger partial charge on any atom is -0.462 e. The first-order valence-corrected chi connectivity index (χ1v) is 11.6. The molecular formula is C23H19ClF3NO4S. The van der Waals surface area contributed by atoms with E-state index in [4.69, 9.17) is 16.3 Å². The lowest BCUT2D eigenvalue weighted by Crippen LogP contribution is -2.30. The van der Waals surface area contributed by atoms with E-state index >= 15 is 0 Å². The molecule has 0 aromatic heterocycles. The Balaban J connectivity index is 1.75. The molecule has 3 aromatic rings. The van der Waals surface area contributed by atoms with Crippen molar-refractivity contribution >= 4 is 27.6 Å². The summed E-state index contributed by atoms with van der Waals surface area (Å²) >= 11 is 5.82. The van der Waals surface area contributed by atoms with E-state index in [2.05, 4.69) is 4.72 Å². The average molecular weight is 498 g/mol. The summed E-state index contributed by atoms with van der Waals surface area (Å²) in [7, 11) is -3.95. The van der Waals surface area contributed by atoms with Gasteiger partial charge in [-0.05, 0) is 42.0 Å². The minimum atomic E-state index is -4.71. The number of rotatable bonds is 8. The Morgan fingerprint density at radius 3 is 2.18 bits per heavy atom. The van der Waals surface area contributed by atoms with Crippen molar-refractivity contribution in [3.8, 4) is 0 Å². The highest BCUT2D eigenvalue weighted by atomic mass is 35.5. The van der Waals surface area contributed by atoms with Crippen LogP contribution in [0.1, 0.15) is 33.9 Å². The number of ether oxygens (including phenoxy) is 1. The monoisotopic (exact) mass is 497 g/mol. The Kier molecular flexibility index (Phi) is 7.78. The van der Waals surface area contributed by atoms with E-state index in [9.17, 15) is 26.4 Å². The van der Waals surface area contributed by atoms with E-state index in [0.29, 0.717) is 10.6 Å². The van der Waals surface area contributed by atoms with Gasteiger partial charge in [0.25, 0.3) is 0 Å². The number of hydrogen-bond acceptors (Lipinski definition) is 4. The maximum atomic E-state index is 13.2. The van der Waals surface area contributed by atoms with Gasteiger partial charge in [0.2, 0.25) is 10.0 Å². The summed E-state index contributed by atoms with van der Waals surface area (Å²) in [6.45, 7) is -0.312. The van der Waals surface area contributed by atoms with Gasteiger partial charge in [0.15, 0.2) is 0 Å². The summed E-state index contributed by atoms with van der Waals surface area (Å²) in [5, 5.41) is 0.375. The molecule has 33 heavy (non-hydrogen) atoms. The Morgan fingerprint density at radius 1 is 0.939 bits per heavy atom. The number of hydrogen-bond donors (Lipinski definition) is 1. The van der Waals surface area contributed by atoms with Crippen molar-refractivity contribution in [2.24, 2.45) is 0 Å². The number of alkyl halides is 3. The van der Waals surface area contributed by atoms with E-state index in [-0.39, 0.29) is 17.9 Å². The van der Waals surface area contributed by atoms with Crippen molar-refractivity contribution in [1.82, 2.24) is 4.72 Å². The average Bonchev–Trinajstić information content (AvgIpc) is 2.78. The quantitative estimate of drug-likeness (QED) is 0.410. The Bertz CT molecular complexity index is 1200. The molecule has 1 N–H and O–H groups in total. The molecule has 0 spiro atoms. The molecule has 0 radical (unpaired) electrons. The third kappa shape index (κ3) is 6.56. The fourth-order valence-corrected chi connectivity index (χ4v) is 4.49. The van der Waals surface area contributed by atoms with Gasteiger partial charge in [0.1, 0.15) is 0 Å². The van der Waals surface area contributed by atoms with Crippen LogP contribution >= 0.6 is 11.6 Å². The SMILES string of the molecule is O=C(OCC[C@H](NS(=O)(=O)c1ccc(Cl)cc1)c1ccccc1)c1ccccc1C(F)(F)F. The summed E-state index contributed by atoms with van der Waals surface area (Å²) in [5.41, 5.74) is -1.11. The van der Waals surface area contributed by atoms with Crippen LogP contribution in [0, 0.1) is 0 Å². The van der Waals surface area contributed by atoms with Crippen LogP contribution in [0.4, 0.5) is 13.2 Å². The summed E-state index contributed by atoms with van der Waals surface area (Å²) < 4.78 is 72.7. The van der Waals surface area contributed by atoms with Crippen LogP contribution in [0.15, 0.2) is 83.8 Å². The number of esters is 1. The molecule has 0 saturated heterocycles. The highest BCUT2D eigenvalue weighted by molar-refractivity contribution is 7.89. The molecule has 0 saturated carbocycles. The number of nitrogens with one attached hydrogen (secondary N) is 1. The normalized spacial score (nSPS) is 12.8. The van der Waals surface area contributed by atoms with E-state index < -0.39 is 39.3 Å².